The largest absolute Gasteiger partial charge is 0.435 e. The molecule has 0 radical (unpaired) electrons. The summed E-state index contributed by atoms with van der Waals surface area (Å²) in [6.07, 6.45) is 1.68. The van der Waals surface area contributed by atoms with Crippen LogP contribution in [0, 0.1) is 0 Å². The van der Waals surface area contributed by atoms with Gasteiger partial charge in [-0.25, -0.2) is 0 Å². The molecule has 0 saturated carbocycles. The molecule has 0 atom stereocenters. The molecule has 0 bridgehead atoms. The van der Waals surface area contributed by atoms with Crippen LogP contribution in [0.15, 0.2) is 30.5 Å². The van der Waals surface area contributed by atoms with Crippen molar-refractivity contribution < 1.29 is 13.5 Å². The Labute approximate surface area is 96.6 Å². The Kier molecular flexibility index (Phi) is 2.95. The van der Waals surface area contributed by atoms with Crippen molar-refractivity contribution in [3.63, 3.8) is 0 Å². The van der Waals surface area contributed by atoms with Crippen LogP contribution in [0.3, 0.4) is 0 Å². The normalized spacial score (nSPS) is 10.8. The van der Waals surface area contributed by atoms with Gasteiger partial charge < -0.3 is 10.5 Å². The Balaban J connectivity index is 2.26. The maximum absolute atomic E-state index is 12.0. The Morgan fingerprint density at radius 2 is 1.94 bits per heavy atom. The molecule has 0 amide bonds. The molecule has 0 unspecified atom stereocenters. The molecule has 2 aromatic rings. The zero-order valence-corrected chi connectivity index (χ0v) is 9.10. The number of aromatic nitrogens is 2. The van der Waals surface area contributed by atoms with Crippen LogP contribution in [0.1, 0.15) is 0 Å². The quantitative estimate of drug-likeness (QED) is 0.893. The fourth-order valence-corrected chi connectivity index (χ4v) is 1.53. The van der Waals surface area contributed by atoms with E-state index in [9.17, 15) is 8.78 Å². The Morgan fingerprint density at radius 3 is 2.41 bits per heavy atom. The average molecular weight is 239 g/mol. The molecule has 1 heterocycles. The molecule has 0 aliphatic heterocycles. The highest BCUT2D eigenvalue weighted by Gasteiger charge is 2.08. The molecule has 0 saturated heterocycles. The van der Waals surface area contributed by atoms with Gasteiger partial charge in [-0.05, 0) is 24.3 Å². The van der Waals surface area contributed by atoms with E-state index in [0.29, 0.717) is 11.4 Å². The number of rotatable bonds is 3. The summed E-state index contributed by atoms with van der Waals surface area (Å²) in [5, 5.41) is 4.17. The van der Waals surface area contributed by atoms with Crippen molar-refractivity contribution in [2.24, 2.45) is 7.05 Å². The number of benzene rings is 1. The molecule has 2 rings (SSSR count). The van der Waals surface area contributed by atoms with Crippen LogP contribution in [0.4, 0.5) is 14.5 Å². The topological polar surface area (TPSA) is 53.1 Å². The molecule has 1 aromatic heterocycles. The number of hydrogen-bond donors (Lipinski definition) is 1. The maximum atomic E-state index is 12.0. The molecular weight excluding hydrogens is 228 g/mol. The van der Waals surface area contributed by atoms with Crippen LogP contribution in [0.2, 0.25) is 0 Å². The minimum atomic E-state index is -2.82. The van der Waals surface area contributed by atoms with E-state index in [0.717, 1.165) is 5.56 Å². The molecule has 0 spiro atoms. The molecule has 0 aliphatic rings. The van der Waals surface area contributed by atoms with Gasteiger partial charge >= 0.3 is 6.61 Å². The highest BCUT2D eigenvalue weighted by Crippen LogP contribution is 2.26. The number of anilines is 1. The highest BCUT2D eigenvalue weighted by molar-refractivity contribution is 5.72. The minimum Gasteiger partial charge on any atom is -0.435 e. The number of alkyl halides is 2. The maximum Gasteiger partial charge on any atom is 0.387 e. The van der Waals surface area contributed by atoms with Crippen molar-refractivity contribution >= 4 is 5.69 Å². The lowest BCUT2D eigenvalue weighted by atomic mass is 10.1. The van der Waals surface area contributed by atoms with Crippen LogP contribution >= 0.6 is 0 Å². The summed E-state index contributed by atoms with van der Waals surface area (Å²) in [4.78, 5) is 0. The van der Waals surface area contributed by atoms with Gasteiger partial charge in [0, 0.05) is 18.8 Å². The van der Waals surface area contributed by atoms with Gasteiger partial charge in [0.05, 0.1) is 5.69 Å². The number of halogens is 2. The van der Waals surface area contributed by atoms with Crippen molar-refractivity contribution in [2.45, 2.75) is 6.61 Å². The third kappa shape index (κ3) is 2.52. The van der Waals surface area contributed by atoms with Crippen molar-refractivity contribution in [3.8, 4) is 17.0 Å². The first kappa shape index (κ1) is 11.4. The van der Waals surface area contributed by atoms with Crippen molar-refractivity contribution in [1.29, 1.82) is 0 Å². The highest BCUT2D eigenvalue weighted by atomic mass is 19.3. The van der Waals surface area contributed by atoms with Gasteiger partial charge in [-0.15, -0.1) is 0 Å². The van der Waals surface area contributed by atoms with E-state index in [1.807, 2.05) is 0 Å². The van der Waals surface area contributed by atoms with E-state index in [2.05, 4.69) is 9.84 Å². The fourth-order valence-electron chi connectivity index (χ4n) is 1.53. The number of aryl methyl sites for hydroxylation is 1. The zero-order valence-electron chi connectivity index (χ0n) is 9.10. The van der Waals surface area contributed by atoms with Gasteiger partial charge in [-0.1, -0.05) is 0 Å². The van der Waals surface area contributed by atoms with E-state index < -0.39 is 6.61 Å². The summed E-state index contributed by atoms with van der Waals surface area (Å²) in [7, 11) is 1.76. The fraction of sp³-hybridized carbons (Fsp3) is 0.182. The second-order valence-electron chi connectivity index (χ2n) is 3.51. The summed E-state index contributed by atoms with van der Waals surface area (Å²) >= 11 is 0. The summed E-state index contributed by atoms with van der Waals surface area (Å²) in [5.74, 6) is 0.109. The van der Waals surface area contributed by atoms with Crippen molar-refractivity contribution in [3.05, 3.63) is 30.5 Å². The van der Waals surface area contributed by atoms with E-state index >= 15 is 0 Å². The summed E-state index contributed by atoms with van der Waals surface area (Å²) in [5.41, 5.74) is 7.67. The van der Waals surface area contributed by atoms with Crippen LogP contribution in [-0.4, -0.2) is 16.4 Å². The first-order chi connectivity index (χ1) is 8.06. The number of hydrogen-bond acceptors (Lipinski definition) is 3. The number of nitrogens with zero attached hydrogens (tertiary/aromatic N) is 2. The molecule has 4 nitrogen and oxygen atoms in total. The molecule has 0 aliphatic carbocycles. The lowest BCUT2D eigenvalue weighted by Gasteiger charge is -2.04. The predicted molar refractivity (Wildman–Crippen MR) is 59.7 cm³/mol. The monoisotopic (exact) mass is 239 g/mol. The van der Waals surface area contributed by atoms with Gasteiger partial charge in [0.25, 0.3) is 0 Å². The van der Waals surface area contributed by atoms with E-state index in [-0.39, 0.29) is 5.75 Å². The first-order valence-electron chi connectivity index (χ1n) is 4.90. The molecule has 6 heteroatoms. The molecule has 17 heavy (non-hydrogen) atoms. The second kappa shape index (κ2) is 4.40. The van der Waals surface area contributed by atoms with Crippen molar-refractivity contribution in [2.75, 3.05) is 5.73 Å². The third-order valence-corrected chi connectivity index (χ3v) is 2.21. The van der Waals surface area contributed by atoms with Gasteiger partial charge in [0.2, 0.25) is 0 Å². The second-order valence-corrected chi connectivity index (χ2v) is 3.51. The molecule has 0 fully saturated rings. The summed E-state index contributed by atoms with van der Waals surface area (Å²) in [6.45, 7) is -2.82. The Hall–Kier alpha value is -2.11. The van der Waals surface area contributed by atoms with E-state index in [1.54, 1.807) is 30.1 Å². The Bertz CT molecular complexity index is 508. The molecular formula is C11H11F2N3O. The minimum absolute atomic E-state index is 0.109. The van der Waals surface area contributed by atoms with Gasteiger partial charge in [0.15, 0.2) is 0 Å². The Morgan fingerprint density at radius 1 is 1.29 bits per heavy atom. The van der Waals surface area contributed by atoms with E-state index in [4.69, 9.17) is 5.73 Å². The van der Waals surface area contributed by atoms with Crippen LogP contribution in [0.5, 0.6) is 5.75 Å². The van der Waals surface area contributed by atoms with Gasteiger partial charge in [-0.3, -0.25) is 4.68 Å². The smallest absolute Gasteiger partial charge is 0.387 e. The predicted octanol–water partition coefficient (Wildman–Crippen LogP) is 2.27. The standard InChI is InChI=1S/C11H11F2N3O/c1-16-6-9(14)10(15-16)7-2-4-8(5-3-7)17-11(12)13/h2-6,11H,14H2,1H3. The van der Waals surface area contributed by atoms with E-state index in [1.165, 1.54) is 12.1 Å². The summed E-state index contributed by atoms with van der Waals surface area (Å²) < 4.78 is 29.7. The van der Waals surface area contributed by atoms with Gasteiger partial charge in [0.1, 0.15) is 11.4 Å². The van der Waals surface area contributed by atoms with Crippen LogP contribution in [0.25, 0.3) is 11.3 Å². The lowest BCUT2D eigenvalue weighted by molar-refractivity contribution is -0.0498. The number of nitrogen functional groups attached to an aromatic ring is 1. The SMILES string of the molecule is Cn1cc(N)c(-c2ccc(OC(F)F)cc2)n1. The molecule has 2 N–H and O–H groups in total. The van der Waals surface area contributed by atoms with Crippen molar-refractivity contribution in [1.82, 2.24) is 9.78 Å². The molecule has 90 valence electrons. The first-order valence-corrected chi connectivity index (χ1v) is 4.90. The van der Waals surface area contributed by atoms with Crippen LogP contribution < -0.4 is 10.5 Å². The van der Waals surface area contributed by atoms with Crippen LogP contribution in [-0.2, 0) is 7.05 Å². The third-order valence-electron chi connectivity index (χ3n) is 2.21. The van der Waals surface area contributed by atoms with Gasteiger partial charge in [-0.2, -0.15) is 13.9 Å². The lowest BCUT2D eigenvalue weighted by Crippen LogP contribution is -2.01. The molecule has 1 aromatic carbocycles. The average Bonchev–Trinajstić information content (AvgIpc) is 2.58. The number of nitrogens with two attached hydrogens (primary N) is 1. The zero-order chi connectivity index (χ0) is 12.4. The summed E-state index contributed by atoms with van der Waals surface area (Å²) in [6, 6.07) is 6.18. The number of ether oxygens (including phenoxy) is 1.